The Kier molecular flexibility index (Phi) is 4.93. The quantitative estimate of drug-likeness (QED) is 0.849. The van der Waals surface area contributed by atoms with E-state index in [1.165, 1.54) is 0 Å². The summed E-state index contributed by atoms with van der Waals surface area (Å²) < 4.78 is 0. The molecule has 0 radical (unpaired) electrons. The molecule has 1 heterocycles. The molecular weight excluding hydrogens is 248 g/mol. The first kappa shape index (κ1) is 14.7. The van der Waals surface area contributed by atoms with E-state index in [1.54, 1.807) is 13.3 Å². The average Bonchev–Trinajstić information content (AvgIpc) is 2.86. The molecule has 0 saturated carbocycles. The maximum atomic E-state index is 10.2. The summed E-state index contributed by atoms with van der Waals surface area (Å²) in [7, 11) is 0. The Balaban J connectivity index is 0.00000162. The van der Waals surface area contributed by atoms with Crippen LogP contribution in [0.2, 0.25) is 0 Å². The Bertz CT molecular complexity index is 419. The summed E-state index contributed by atoms with van der Waals surface area (Å²) in [5.41, 5.74) is 0.458. The van der Waals surface area contributed by atoms with Crippen LogP contribution < -0.4 is 0 Å². The molecule has 0 amide bonds. The lowest BCUT2D eigenvalue weighted by Crippen LogP contribution is -2.50. The van der Waals surface area contributed by atoms with Crippen molar-refractivity contribution in [3.63, 3.8) is 0 Å². The van der Waals surface area contributed by atoms with Crippen molar-refractivity contribution in [2.24, 2.45) is 4.99 Å². The summed E-state index contributed by atoms with van der Waals surface area (Å²) in [6, 6.07) is 9.95. The molecule has 98 valence electrons. The van der Waals surface area contributed by atoms with Gasteiger partial charge in [-0.3, -0.25) is 4.99 Å². The lowest BCUT2D eigenvalue weighted by molar-refractivity contribution is 0.0533. The molecule has 1 aliphatic rings. The van der Waals surface area contributed by atoms with Gasteiger partial charge >= 0.3 is 0 Å². The van der Waals surface area contributed by atoms with E-state index in [2.05, 4.69) is 16.5 Å². The molecule has 3 nitrogen and oxygen atoms in total. The number of hydrogen-bond acceptors (Lipinski definition) is 3. The van der Waals surface area contributed by atoms with Crippen LogP contribution in [0.25, 0.3) is 0 Å². The second-order valence-corrected chi connectivity index (χ2v) is 4.29. The number of halogens is 1. The van der Waals surface area contributed by atoms with Crippen LogP contribution in [0.5, 0.6) is 0 Å². The molecule has 1 aliphatic heterocycles. The van der Waals surface area contributed by atoms with Gasteiger partial charge in [0.2, 0.25) is 0 Å². The van der Waals surface area contributed by atoms with Gasteiger partial charge in [0.25, 0.3) is 0 Å². The first-order valence-corrected chi connectivity index (χ1v) is 5.85. The Morgan fingerprint density at radius 2 is 2.11 bits per heavy atom. The topological polar surface area (TPSA) is 35.8 Å². The number of aliphatic imine (C=N–C) groups is 1. The van der Waals surface area contributed by atoms with Crippen molar-refractivity contribution in [1.82, 2.24) is 4.90 Å². The smallest absolute Gasteiger partial charge is 0.110 e. The first-order valence-electron chi connectivity index (χ1n) is 5.85. The van der Waals surface area contributed by atoms with Gasteiger partial charge in [0.05, 0.1) is 19.0 Å². The zero-order chi connectivity index (χ0) is 12.3. The Hall–Kier alpha value is -1.32. The second kappa shape index (κ2) is 6.03. The third-order valence-electron chi connectivity index (χ3n) is 3.35. The lowest BCUT2D eigenvalue weighted by Gasteiger charge is -2.41. The minimum absolute atomic E-state index is 0. The zero-order valence-electron chi connectivity index (χ0n) is 10.5. The minimum Gasteiger partial charge on any atom is -0.390 e. The predicted octanol–water partition coefficient (Wildman–Crippen LogP) is 2.21. The van der Waals surface area contributed by atoms with Gasteiger partial charge in [0.15, 0.2) is 0 Å². The van der Waals surface area contributed by atoms with Crippen LogP contribution in [0.1, 0.15) is 12.5 Å². The minimum atomic E-state index is -0.582. The third-order valence-corrected chi connectivity index (χ3v) is 3.35. The Labute approximate surface area is 114 Å². The van der Waals surface area contributed by atoms with E-state index in [4.69, 9.17) is 0 Å². The van der Waals surface area contributed by atoms with Crippen molar-refractivity contribution in [1.29, 1.82) is 0 Å². The van der Waals surface area contributed by atoms with E-state index >= 15 is 0 Å². The van der Waals surface area contributed by atoms with Crippen LogP contribution in [-0.4, -0.2) is 35.5 Å². The largest absolute Gasteiger partial charge is 0.390 e. The van der Waals surface area contributed by atoms with Gasteiger partial charge in [-0.15, -0.1) is 19.0 Å². The summed E-state index contributed by atoms with van der Waals surface area (Å²) in [4.78, 5) is 6.28. The predicted molar refractivity (Wildman–Crippen MR) is 77.3 cm³/mol. The number of benzene rings is 1. The number of rotatable bonds is 4. The van der Waals surface area contributed by atoms with Crippen molar-refractivity contribution in [2.45, 2.75) is 18.6 Å². The van der Waals surface area contributed by atoms with Crippen molar-refractivity contribution < 1.29 is 5.11 Å². The highest BCUT2D eigenvalue weighted by atomic mass is 35.5. The summed E-state index contributed by atoms with van der Waals surface area (Å²) in [6.07, 6.45) is 3.07. The van der Waals surface area contributed by atoms with E-state index in [0.717, 1.165) is 18.7 Å². The van der Waals surface area contributed by atoms with Crippen LogP contribution in [0.4, 0.5) is 0 Å². The molecule has 2 unspecified atom stereocenters. The molecule has 18 heavy (non-hydrogen) atoms. The Morgan fingerprint density at radius 3 is 2.56 bits per heavy atom. The van der Waals surface area contributed by atoms with Crippen LogP contribution in [-0.2, 0) is 5.54 Å². The fourth-order valence-electron chi connectivity index (χ4n) is 2.42. The molecule has 0 aromatic heterocycles. The molecule has 0 bridgehead atoms. The molecule has 1 N–H and O–H groups in total. The van der Waals surface area contributed by atoms with Gasteiger partial charge in [0, 0.05) is 6.54 Å². The van der Waals surface area contributed by atoms with Crippen molar-refractivity contribution >= 4 is 18.7 Å². The van der Waals surface area contributed by atoms with Gasteiger partial charge in [-0.25, -0.2) is 0 Å². The molecule has 0 saturated heterocycles. The number of aliphatic hydroxyl groups excluding tert-OH is 1. The van der Waals surface area contributed by atoms with E-state index in [0.29, 0.717) is 0 Å². The van der Waals surface area contributed by atoms with Gasteiger partial charge in [-0.1, -0.05) is 36.4 Å². The van der Waals surface area contributed by atoms with Crippen LogP contribution >= 0.6 is 12.4 Å². The molecule has 1 aromatic carbocycles. The highest BCUT2D eigenvalue weighted by Gasteiger charge is 2.40. The van der Waals surface area contributed by atoms with Gasteiger partial charge in [0.1, 0.15) is 5.54 Å². The molecule has 0 spiro atoms. The second-order valence-electron chi connectivity index (χ2n) is 4.29. The van der Waals surface area contributed by atoms with Crippen molar-refractivity contribution in [2.75, 3.05) is 13.1 Å². The summed E-state index contributed by atoms with van der Waals surface area (Å²) in [5, 5.41) is 10.2. The standard InChI is InChI=1S/C14H18N2O.ClH/c1-3-14(12(2)17,16-10-9-15-11-16)13-7-5-4-6-8-13;/h3-8,11-12,17H,1,9-10H2,2H3;1H. The molecule has 1 aromatic rings. The average molecular weight is 267 g/mol. The fourth-order valence-corrected chi connectivity index (χ4v) is 2.42. The maximum Gasteiger partial charge on any atom is 0.110 e. The number of aliphatic hydroxyl groups is 1. The molecule has 4 heteroatoms. The summed E-state index contributed by atoms with van der Waals surface area (Å²) in [5.74, 6) is 0. The van der Waals surface area contributed by atoms with E-state index in [1.807, 2.05) is 36.4 Å². The first-order chi connectivity index (χ1) is 8.21. The van der Waals surface area contributed by atoms with Crippen LogP contribution in [0, 0.1) is 0 Å². The molecule has 2 rings (SSSR count). The maximum absolute atomic E-state index is 10.2. The highest BCUT2D eigenvalue weighted by Crippen LogP contribution is 2.33. The normalized spacial score (nSPS) is 18.9. The van der Waals surface area contributed by atoms with Crippen molar-refractivity contribution in [3.8, 4) is 0 Å². The van der Waals surface area contributed by atoms with Crippen LogP contribution in [0.3, 0.4) is 0 Å². The van der Waals surface area contributed by atoms with Gasteiger partial charge in [-0.2, -0.15) is 0 Å². The SMILES string of the molecule is C=CC(c1ccccc1)(C(C)O)N1C=NCC1.Cl. The highest BCUT2D eigenvalue weighted by molar-refractivity contribution is 5.85. The molecule has 2 atom stereocenters. The lowest BCUT2D eigenvalue weighted by atomic mass is 9.83. The van der Waals surface area contributed by atoms with Crippen LogP contribution in [0.15, 0.2) is 48.0 Å². The fraction of sp³-hybridized carbons (Fsp3) is 0.357. The van der Waals surface area contributed by atoms with E-state index in [9.17, 15) is 5.11 Å². The van der Waals surface area contributed by atoms with Gasteiger partial charge in [-0.05, 0) is 12.5 Å². The molecule has 0 fully saturated rings. The monoisotopic (exact) mass is 266 g/mol. The summed E-state index contributed by atoms with van der Waals surface area (Å²) in [6.45, 7) is 7.29. The molecular formula is C14H19ClN2O. The van der Waals surface area contributed by atoms with E-state index in [-0.39, 0.29) is 12.4 Å². The Morgan fingerprint density at radius 1 is 1.44 bits per heavy atom. The third kappa shape index (κ3) is 2.28. The summed E-state index contributed by atoms with van der Waals surface area (Å²) >= 11 is 0. The number of hydrogen-bond donors (Lipinski definition) is 1. The van der Waals surface area contributed by atoms with Gasteiger partial charge < -0.3 is 10.0 Å². The van der Waals surface area contributed by atoms with Crippen molar-refractivity contribution in [3.05, 3.63) is 48.6 Å². The zero-order valence-corrected chi connectivity index (χ0v) is 11.3. The molecule has 0 aliphatic carbocycles. The van der Waals surface area contributed by atoms with E-state index < -0.39 is 11.6 Å². The number of nitrogens with zero attached hydrogens (tertiary/aromatic N) is 2.